The number of amides is 1. The maximum absolute atomic E-state index is 10.5. The standard InChI is InChI=1S/C6H12N2O2S/c1-2-8(11)5-3-4-7(5)6(9)10/h5,11H,2-4H2,1H3,(H,9,10). The Morgan fingerprint density at radius 1 is 1.91 bits per heavy atom. The van der Waals surface area contributed by atoms with Crippen LogP contribution < -0.4 is 0 Å². The van der Waals surface area contributed by atoms with Crippen LogP contribution in [0.15, 0.2) is 0 Å². The summed E-state index contributed by atoms with van der Waals surface area (Å²) in [5.41, 5.74) is 0. The molecule has 1 unspecified atom stereocenters. The molecule has 1 N–H and O–H groups in total. The summed E-state index contributed by atoms with van der Waals surface area (Å²) < 4.78 is 1.73. The van der Waals surface area contributed by atoms with Crippen molar-refractivity contribution >= 4 is 18.9 Å². The third-order valence-corrected chi connectivity index (χ3v) is 2.45. The molecule has 11 heavy (non-hydrogen) atoms. The number of rotatable bonds is 2. The van der Waals surface area contributed by atoms with Gasteiger partial charge < -0.3 is 5.11 Å². The van der Waals surface area contributed by atoms with Crippen LogP contribution in [0.2, 0.25) is 0 Å². The minimum absolute atomic E-state index is 0.0131. The first-order valence-corrected chi connectivity index (χ1v) is 4.02. The molecule has 64 valence electrons. The second-order valence-electron chi connectivity index (χ2n) is 2.50. The number of likely N-dealkylation sites (tertiary alicyclic amines) is 1. The van der Waals surface area contributed by atoms with Crippen LogP contribution in [0, 0.1) is 0 Å². The van der Waals surface area contributed by atoms with Crippen molar-refractivity contribution in [3.05, 3.63) is 0 Å². The van der Waals surface area contributed by atoms with Gasteiger partial charge in [0.1, 0.15) is 0 Å². The molecule has 5 heteroatoms. The molecule has 4 nitrogen and oxygen atoms in total. The van der Waals surface area contributed by atoms with E-state index in [-0.39, 0.29) is 6.17 Å². The van der Waals surface area contributed by atoms with Gasteiger partial charge in [0.15, 0.2) is 0 Å². The molecule has 1 rings (SSSR count). The fourth-order valence-electron chi connectivity index (χ4n) is 1.12. The van der Waals surface area contributed by atoms with Crippen molar-refractivity contribution in [1.29, 1.82) is 0 Å². The second kappa shape index (κ2) is 3.32. The summed E-state index contributed by atoms with van der Waals surface area (Å²) in [7, 11) is 0. The highest BCUT2D eigenvalue weighted by atomic mass is 32.1. The van der Waals surface area contributed by atoms with Crippen molar-refractivity contribution in [1.82, 2.24) is 9.21 Å². The summed E-state index contributed by atoms with van der Waals surface area (Å²) in [6, 6.07) is 0. The molecule has 1 aliphatic rings. The van der Waals surface area contributed by atoms with E-state index in [1.165, 1.54) is 4.90 Å². The average molecular weight is 176 g/mol. The van der Waals surface area contributed by atoms with Gasteiger partial charge in [-0.1, -0.05) is 19.7 Å². The van der Waals surface area contributed by atoms with Crippen LogP contribution in [-0.4, -0.2) is 39.7 Å². The van der Waals surface area contributed by atoms with Gasteiger partial charge in [-0.3, -0.25) is 4.90 Å². The van der Waals surface area contributed by atoms with E-state index in [0.717, 1.165) is 13.0 Å². The van der Waals surface area contributed by atoms with Gasteiger partial charge in [0, 0.05) is 19.5 Å². The normalized spacial score (nSPS) is 23.5. The zero-order valence-corrected chi connectivity index (χ0v) is 7.29. The van der Waals surface area contributed by atoms with Crippen molar-refractivity contribution in [3.8, 4) is 0 Å². The molecule has 0 aromatic carbocycles. The maximum Gasteiger partial charge on any atom is 0.408 e. The van der Waals surface area contributed by atoms with Gasteiger partial charge in [0.2, 0.25) is 0 Å². The Labute approximate surface area is 71.3 Å². The van der Waals surface area contributed by atoms with Crippen LogP contribution in [0.3, 0.4) is 0 Å². The lowest BCUT2D eigenvalue weighted by Crippen LogP contribution is -2.56. The molecule has 0 spiro atoms. The quantitative estimate of drug-likeness (QED) is 0.613. The Morgan fingerprint density at radius 2 is 2.55 bits per heavy atom. The fourth-order valence-corrected chi connectivity index (χ4v) is 1.36. The number of nitrogens with zero attached hydrogens (tertiary/aromatic N) is 2. The van der Waals surface area contributed by atoms with E-state index < -0.39 is 6.09 Å². The predicted octanol–water partition coefficient (Wildman–Crippen LogP) is 0.863. The Bertz CT molecular complexity index is 165. The van der Waals surface area contributed by atoms with Crippen molar-refractivity contribution in [3.63, 3.8) is 0 Å². The molecule has 1 atom stereocenters. The minimum atomic E-state index is -0.853. The summed E-state index contributed by atoms with van der Waals surface area (Å²) in [4.78, 5) is 11.9. The molecule has 0 bridgehead atoms. The molecule has 1 heterocycles. The Balaban J connectivity index is 2.42. The topological polar surface area (TPSA) is 43.8 Å². The smallest absolute Gasteiger partial charge is 0.408 e. The minimum Gasteiger partial charge on any atom is -0.465 e. The third kappa shape index (κ3) is 1.59. The first-order chi connectivity index (χ1) is 5.16. The fraction of sp³-hybridized carbons (Fsp3) is 0.833. The molecule has 1 fully saturated rings. The molecule has 0 aliphatic carbocycles. The largest absolute Gasteiger partial charge is 0.465 e. The van der Waals surface area contributed by atoms with E-state index >= 15 is 0 Å². The average Bonchev–Trinajstić information content (AvgIpc) is 1.83. The van der Waals surface area contributed by atoms with Crippen LogP contribution in [-0.2, 0) is 0 Å². The molecule has 0 aromatic rings. The predicted molar refractivity (Wildman–Crippen MR) is 44.5 cm³/mol. The van der Waals surface area contributed by atoms with Gasteiger partial charge in [-0.25, -0.2) is 9.10 Å². The van der Waals surface area contributed by atoms with E-state index in [4.69, 9.17) is 5.11 Å². The summed E-state index contributed by atoms with van der Waals surface area (Å²) >= 11 is 4.14. The molecule has 0 aromatic heterocycles. The van der Waals surface area contributed by atoms with Crippen molar-refractivity contribution in [2.75, 3.05) is 13.1 Å². The lowest BCUT2D eigenvalue weighted by Gasteiger charge is -2.42. The molecular formula is C6H12N2O2S. The van der Waals surface area contributed by atoms with Crippen LogP contribution in [0.25, 0.3) is 0 Å². The number of thiol groups is 1. The van der Waals surface area contributed by atoms with E-state index in [1.54, 1.807) is 4.31 Å². The number of carboxylic acid groups (broad SMARTS) is 1. The zero-order valence-electron chi connectivity index (χ0n) is 6.40. The monoisotopic (exact) mass is 176 g/mol. The van der Waals surface area contributed by atoms with E-state index in [2.05, 4.69) is 12.8 Å². The lowest BCUT2D eigenvalue weighted by molar-refractivity contribution is 0.0262. The van der Waals surface area contributed by atoms with Gasteiger partial charge in [-0.15, -0.1) is 0 Å². The van der Waals surface area contributed by atoms with Crippen molar-refractivity contribution in [2.45, 2.75) is 19.5 Å². The molecule has 0 saturated carbocycles. The first kappa shape index (κ1) is 8.67. The molecule has 1 saturated heterocycles. The second-order valence-corrected chi connectivity index (χ2v) is 3.01. The van der Waals surface area contributed by atoms with E-state index in [1.807, 2.05) is 6.92 Å². The van der Waals surface area contributed by atoms with Gasteiger partial charge in [0.25, 0.3) is 0 Å². The number of hydrogen-bond donors (Lipinski definition) is 2. The van der Waals surface area contributed by atoms with Gasteiger partial charge >= 0.3 is 6.09 Å². The van der Waals surface area contributed by atoms with Gasteiger partial charge in [-0.2, -0.15) is 0 Å². The Morgan fingerprint density at radius 3 is 2.82 bits per heavy atom. The Kier molecular flexibility index (Phi) is 2.62. The molecule has 0 radical (unpaired) electrons. The van der Waals surface area contributed by atoms with E-state index in [0.29, 0.717) is 6.54 Å². The first-order valence-electron chi connectivity index (χ1n) is 3.62. The number of hydrogen-bond acceptors (Lipinski definition) is 3. The maximum atomic E-state index is 10.5. The zero-order chi connectivity index (χ0) is 8.43. The van der Waals surface area contributed by atoms with Crippen molar-refractivity contribution in [2.24, 2.45) is 0 Å². The summed E-state index contributed by atoms with van der Waals surface area (Å²) in [5, 5.41) is 8.61. The number of carbonyl (C=O) groups is 1. The molecule has 1 aliphatic heterocycles. The van der Waals surface area contributed by atoms with Crippen LogP contribution in [0.1, 0.15) is 13.3 Å². The summed E-state index contributed by atoms with van der Waals surface area (Å²) in [5.74, 6) is 0. The van der Waals surface area contributed by atoms with Gasteiger partial charge in [0.05, 0.1) is 6.17 Å². The third-order valence-electron chi connectivity index (χ3n) is 1.90. The lowest BCUT2D eigenvalue weighted by atomic mass is 10.1. The van der Waals surface area contributed by atoms with Crippen LogP contribution in [0.4, 0.5) is 4.79 Å². The Hall–Kier alpha value is -0.420. The van der Waals surface area contributed by atoms with Gasteiger partial charge in [-0.05, 0) is 0 Å². The van der Waals surface area contributed by atoms with Crippen LogP contribution >= 0.6 is 12.8 Å². The molecule has 1 amide bonds. The van der Waals surface area contributed by atoms with Crippen molar-refractivity contribution < 1.29 is 9.90 Å². The molecular weight excluding hydrogens is 164 g/mol. The van der Waals surface area contributed by atoms with Crippen LogP contribution in [0.5, 0.6) is 0 Å². The van der Waals surface area contributed by atoms with E-state index in [9.17, 15) is 4.79 Å². The summed E-state index contributed by atoms with van der Waals surface area (Å²) in [6.07, 6.45) is 0.0264. The highest BCUT2D eigenvalue weighted by Crippen LogP contribution is 2.21. The highest BCUT2D eigenvalue weighted by Gasteiger charge is 2.34. The SMILES string of the molecule is CCN(S)C1CCN1C(=O)O. The summed E-state index contributed by atoms with van der Waals surface area (Å²) in [6.45, 7) is 3.35. The highest BCUT2D eigenvalue weighted by molar-refractivity contribution is 7.77.